The van der Waals surface area contributed by atoms with Crippen molar-refractivity contribution in [3.8, 4) is 11.1 Å². The first-order valence-electron chi connectivity index (χ1n) is 11.6. The first kappa shape index (κ1) is 24.0. The molecule has 1 aliphatic rings. The van der Waals surface area contributed by atoms with Gasteiger partial charge in [0.05, 0.1) is 0 Å². The smallest absolute Gasteiger partial charge is 0.407 e. The quantitative estimate of drug-likeness (QED) is 0.472. The van der Waals surface area contributed by atoms with E-state index in [1.807, 2.05) is 31.2 Å². The highest BCUT2D eigenvalue weighted by molar-refractivity contribution is 5.97. The third kappa shape index (κ3) is 5.69. The van der Waals surface area contributed by atoms with Gasteiger partial charge in [0.25, 0.3) is 0 Å². The number of carbonyl (C=O) groups excluding carboxylic acids is 2. The number of rotatable bonds is 9. The van der Waals surface area contributed by atoms with E-state index in [1.165, 1.54) is 4.90 Å². The van der Waals surface area contributed by atoms with Gasteiger partial charge in [0.2, 0.25) is 5.91 Å². The molecule has 2 amide bonds. The number of benzene rings is 3. The van der Waals surface area contributed by atoms with Crippen molar-refractivity contribution in [1.29, 1.82) is 0 Å². The molecule has 0 saturated carbocycles. The van der Waals surface area contributed by atoms with E-state index in [-0.39, 0.29) is 37.3 Å². The zero-order valence-electron chi connectivity index (χ0n) is 19.5. The van der Waals surface area contributed by atoms with E-state index in [1.54, 1.807) is 30.3 Å². The molecule has 4 rings (SSSR count). The molecule has 2 N–H and O–H groups in total. The molecule has 1 unspecified atom stereocenters. The Bertz CT molecular complexity index is 1170. The number of anilines is 1. The molecule has 7 nitrogen and oxygen atoms in total. The maximum absolute atomic E-state index is 12.8. The minimum Gasteiger partial charge on any atom is -0.480 e. The fraction of sp³-hybridized carbons (Fsp3) is 0.250. The number of hydrogen-bond acceptors (Lipinski definition) is 4. The zero-order valence-corrected chi connectivity index (χ0v) is 19.5. The molecular weight excluding hydrogens is 444 g/mol. The van der Waals surface area contributed by atoms with Crippen LogP contribution in [0.25, 0.3) is 11.1 Å². The number of ether oxygens (including phenoxy) is 1. The predicted octanol–water partition coefficient (Wildman–Crippen LogP) is 4.67. The lowest BCUT2D eigenvalue weighted by Gasteiger charge is -2.23. The Labute approximate surface area is 204 Å². The molecule has 3 aromatic rings. The number of para-hydroxylation sites is 1. The van der Waals surface area contributed by atoms with Crippen LogP contribution >= 0.6 is 0 Å². The first-order chi connectivity index (χ1) is 16.9. The summed E-state index contributed by atoms with van der Waals surface area (Å²) in [6.07, 6.45) is -0.456. The molecule has 0 saturated heterocycles. The van der Waals surface area contributed by atoms with Crippen LogP contribution in [0.4, 0.5) is 10.5 Å². The van der Waals surface area contributed by atoms with Crippen molar-refractivity contribution in [2.24, 2.45) is 5.92 Å². The van der Waals surface area contributed by atoms with E-state index < -0.39 is 18.6 Å². The van der Waals surface area contributed by atoms with Crippen LogP contribution in [0, 0.1) is 5.92 Å². The van der Waals surface area contributed by atoms with Crippen LogP contribution in [0.5, 0.6) is 0 Å². The van der Waals surface area contributed by atoms with Crippen LogP contribution < -0.4 is 10.2 Å². The van der Waals surface area contributed by atoms with E-state index >= 15 is 0 Å². The molecule has 0 radical (unpaired) electrons. The Balaban J connectivity index is 1.30. The van der Waals surface area contributed by atoms with Crippen molar-refractivity contribution in [2.75, 3.05) is 24.6 Å². The topological polar surface area (TPSA) is 95.9 Å². The molecule has 0 fully saturated rings. The van der Waals surface area contributed by atoms with E-state index in [9.17, 15) is 19.5 Å². The van der Waals surface area contributed by atoms with Crippen LogP contribution in [0.2, 0.25) is 0 Å². The van der Waals surface area contributed by atoms with E-state index in [0.29, 0.717) is 5.69 Å². The van der Waals surface area contributed by atoms with Gasteiger partial charge in [-0.1, -0.05) is 73.7 Å². The molecule has 0 bridgehead atoms. The lowest BCUT2D eigenvalue weighted by molar-refractivity contribution is -0.136. The summed E-state index contributed by atoms with van der Waals surface area (Å²) < 4.78 is 5.54. The maximum Gasteiger partial charge on any atom is 0.407 e. The zero-order chi connectivity index (χ0) is 24.8. The summed E-state index contributed by atoms with van der Waals surface area (Å²) in [6, 6.07) is 24.9. The summed E-state index contributed by atoms with van der Waals surface area (Å²) >= 11 is 0. The SMILES string of the molecule is CC(CNC(=O)OCC1c2ccccc2-c2ccccc21)CC(=O)N(CC(=O)O)c1ccccc1. The van der Waals surface area contributed by atoms with Crippen LogP contribution in [0.15, 0.2) is 78.9 Å². The number of carboxylic acid groups (broad SMARTS) is 1. The fourth-order valence-corrected chi connectivity index (χ4v) is 4.45. The standard InChI is InChI=1S/C28H28N2O5/c1-19(15-26(31)30(17-27(32)33)20-9-3-2-4-10-20)16-29-28(34)35-18-25-23-13-7-5-11-21(23)22-12-6-8-14-24(22)25/h2-14,19,25H,15-18H2,1H3,(H,29,34)(H,32,33). The van der Waals surface area contributed by atoms with Crippen LogP contribution in [0.1, 0.15) is 30.4 Å². The number of aliphatic carboxylic acids is 1. The van der Waals surface area contributed by atoms with Gasteiger partial charge in [0, 0.05) is 24.6 Å². The van der Waals surface area contributed by atoms with Gasteiger partial charge >= 0.3 is 12.1 Å². The summed E-state index contributed by atoms with van der Waals surface area (Å²) in [7, 11) is 0. The van der Waals surface area contributed by atoms with Crippen molar-refractivity contribution in [3.63, 3.8) is 0 Å². The number of fused-ring (bicyclic) bond motifs is 3. The van der Waals surface area contributed by atoms with Gasteiger partial charge in [0.15, 0.2) is 0 Å². The summed E-state index contributed by atoms with van der Waals surface area (Å²) in [6.45, 7) is 1.85. The summed E-state index contributed by atoms with van der Waals surface area (Å²) in [4.78, 5) is 37.7. The molecule has 1 atom stereocenters. The van der Waals surface area contributed by atoms with Gasteiger partial charge in [-0.2, -0.15) is 0 Å². The Hall–Kier alpha value is -4.13. The van der Waals surface area contributed by atoms with Gasteiger partial charge in [0.1, 0.15) is 13.2 Å². The Morgan fingerprint density at radius 3 is 2.09 bits per heavy atom. The number of carboxylic acids is 1. The third-order valence-corrected chi connectivity index (χ3v) is 6.12. The molecule has 0 heterocycles. The van der Waals surface area contributed by atoms with Gasteiger partial charge in [-0.15, -0.1) is 0 Å². The maximum atomic E-state index is 12.8. The molecule has 1 aliphatic carbocycles. The average molecular weight is 473 g/mol. The largest absolute Gasteiger partial charge is 0.480 e. The van der Waals surface area contributed by atoms with Crippen molar-refractivity contribution in [1.82, 2.24) is 5.32 Å². The number of carbonyl (C=O) groups is 3. The minimum atomic E-state index is -1.09. The van der Waals surface area contributed by atoms with Gasteiger partial charge in [-0.3, -0.25) is 9.59 Å². The molecule has 7 heteroatoms. The first-order valence-corrected chi connectivity index (χ1v) is 11.6. The molecule has 35 heavy (non-hydrogen) atoms. The highest BCUT2D eigenvalue weighted by Gasteiger charge is 2.29. The lowest BCUT2D eigenvalue weighted by Crippen LogP contribution is -2.38. The fourth-order valence-electron chi connectivity index (χ4n) is 4.45. The second kappa shape index (κ2) is 10.9. The summed E-state index contributed by atoms with van der Waals surface area (Å²) in [5, 5.41) is 11.9. The van der Waals surface area contributed by atoms with Crippen LogP contribution in [0.3, 0.4) is 0 Å². The molecule has 0 spiro atoms. The molecule has 3 aromatic carbocycles. The number of alkyl carbamates (subject to hydrolysis) is 1. The van der Waals surface area contributed by atoms with Crippen molar-refractivity contribution >= 4 is 23.7 Å². The van der Waals surface area contributed by atoms with Gasteiger partial charge in [-0.05, 0) is 40.3 Å². The number of amides is 2. The molecule has 0 aliphatic heterocycles. The monoisotopic (exact) mass is 472 g/mol. The van der Waals surface area contributed by atoms with E-state index in [0.717, 1.165) is 22.3 Å². The average Bonchev–Trinajstić information content (AvgIpc) is 3.19. The van der Waals surface area contributed by atoms with E-state index in [2.05, 4.69) is 29.6 Å². The minimum absolute atomic E-state index is 0.0254. The number of nitrogens with zero attached hydrogens (tertiary/aromatic N) is 1. The Morgan fingerprint density at radius 2 is 1.49 bits per heavy atom. The highest BCUT2D eigenvalue weighted by Crippen LogP contribution is 2.44. The second-order valence-electron chi connectivity index (χ2n) is 8.72. The lowest BCUT2D eigenvalue weighted by atomic mass is 9.98. The summed E-state index contributed by atoms with van der Waals surface area (Å²) in [5.74, 6) is -1.64. The predicted molar refractivity (Wildman–Crippen MR) is 133 cm³/mol. The molecule has 180 valence electrons. The number of hydrogen-bond donors (Lipinski definition) is 2. The van der Waals surface area contributed by atoms with Crippen molar-refractivity contribution < 1.29 is 24.2 Å². The molecule has 0 aromatic heterocycles. The molecular formula is C28H28N2O5. The van der Waals surface area contributed by atoms with Gasteiger partial charge < -0.3 is 20.1 Å². The Kier molecular flexibility index (Phi) is 7.45. The highest BCUT2D eigenvalue weighted by atomic mass is 16.5. The van der Waals surface area contributed by atoms with Gasteiger partial charge in [-0.25, -0.2) is 4.79 Å². The second-order valence-corrected chi connectivity index (χ2v) is 8.72. The van der Waals surface area contributed by atoms with Crippen molar-refractivity contribution in [3.05, 3.63) is 90.0 Å². The van der Waals surface area contributed by atoms with E-state index in [4.69, 9.17) is 4.74 Å². The van der Waals surface area contributed by atoms with Crippen LogP contribution in [-0.4, -0.2) is 42.8 Å². The van der Waals surface area contributed by atoms with Crippen LogP contribution in [-0.2, 0) is 14.3 Å². The normalized spacial score (nSPS) is 12.8. The third-order valence-electron chi connectivity index (χ3n) is 6.12. The summed E-state index contributed by atoms with van der Waals surface area (Å²) in [5.41, 5.74) is 5.12. The Morgan fingerprint density at radius 1 is 0.914 bits per heavy atom. The number of nitrogens with one attached hydrogen (secondary N) is 1. The van der Waals surface area contributed by atoms with Crippen molar-refractivity contribution in [2.45, 2.75) is 19.3 Å².